The Labute approximate surface area is 815 Å². The van der Waals surface area contributed by atoms with E-state index in [2.05, 4.69) is 342 Å². The molecule has 0 bridgehead atoms. The third-order valence-electron chi connectivity index (χ3n) is 30.7. The van der Waals surface area contributed by atoms with Crippen LogP contribution in [0, 0.1) is 25.5 Å². The molecule has 714 valence electrons. The highest BCUT2D eigenvalue weighted by Gasteiger charge is 2.48. The van der Waals surface area contributed by atoms with Gasteiger partial charge in [0.05, 0.1) is 0 Å². The normalized spacial score (nSPS) is 20.9. The van der Waals surface area contributed by atoms with Gasteiger partial charge in [0.1, 0.15) is 11.6 Å². The van der Waals surface area contributed by atoms with Gasteiger partial charge < -0.3 is 62.1 Å². The van der Waals surface area contributed by atoms with Crippen molar-refractivity contribution in [2.45, 2.75) is 191 Å². The van der Waals surface area contributed by atoms with E-state index in [1.54, 1.807) is 30.3 Å². The molecule has 0 unspecified atom stereocenters. The summed E-state index contributed by atoms with van der Waals surface area (Å²) in [5, 5.41) is 24.2. The molecule has 0 saturated carbocycles. The summed E-state index contributed by atoms with van der Waals surface area (Å²) >= 11 is 0. The third-order valence-corrected chi connectivity index (χ3v) is 30.7. The molecule has 0 spiro atoms. The Kier molecular flexibility index (Phi) is 29.7. The van der Waals surface area contributed by atoms with E-state index in [-0.39, 0.29) is 81.1 Å². The highest BCUT2D eigenvalue weighted by Crippen LogP contribution is 2.58. The lowest BCUT2D eigenvalue weighted by atomic mass is 9.64. The van der Waals surface area contributed by atoms with Crippen LogP contribution in [0.25, 0.3) is 0 Å². The number of hydrogen-bond acceptors (Lipinski definition) is 8. The highest BCUT2D eigenvalue weighted by molar-refractivity contribution is 5.94. The van der Waals surface area contributed by atoms with Crippen LogP contribution in [0.4, 0.5) is 73.5 Å². The quantitative estimate of drug-likeness (QED) is 0.0244. The minimum atomic E-state index is -0.217. The first-order valence-electron chi connectivity index (χ1n) is 50.4. The van der Waals surface area contributed by atoms with Crippen molar-refractivity contribution in [3.63, 3.8) is 0 Å². The average molecular weight is 1850 g/mol. The molecule has 8 aliphatic heterocycles. The molecule has 12 aromatic rings. The Morgan fingerprint density at radius 3 is 0.848 bits per heavy atom. The SMILES string of the molecule is C=CCNC(=O)Nc1cc2c3c(c1)[C@](C)(c1ccccc1)CCN3CC[C@@]2(C)c1ccccc1.CCCCNC(=O)Nc1cc2c3c(c1)[C@H](c1ccc(F)cc1)CCN3CC[C@H]2c1ccc(C)cc1.CCCCNC(=O)Nc1cc2c3c(c1)[C@](C)(c1ccccc1)CCN3CC[C@@]2(C)c1ccccc1.CCCNC(=O)Nc1cc2c3c(c1)[C@H](c1ccc(F)cc1)CCN3CC[C@H]2c1ccc(C)cc1. The van der Waals surface area contributed by atoms with Crippen molar-refractivity contribution >= 4 is 69.6 Å². The molecular weight excluding hydrogens is 1710 g/mol. The van der Waals surface area contributed by atoms with Crippen LogP contribution in [0.5, 0.6) is 0 Å². The second kappa shape index (κ2) is 42.6. The lowest BCUT2D eigenvalue weighted by molar-refractivity contribution is 0.251. The maximum Gasteiger partial charge on any atom is 0.319 e. The molecule has 18 heteroatoms. The zero-order valence-electron chi connectivity index (χ0n) is 81.9. The van der Waals surface area contributed by atoms with Crippen LogP contribution in [0.1, 0.15) is 256 Å². The van der Waals surface area contributed by atoms with E-state index in [1.165, 1.54) is 112 Å². The first-order valence-corrected chi connectivity index (χ1v) is 50.4. The topological polar surface area (TPSA) is 177 Å². The van der Waals surface area contributed by atoms with Gasteiger partial charge in [-0.05, 0) is 246 Å². The van der Waals surface area contributed by atoms with Gasteiger partial charge in [0, 0.05) is 169 Å². The molecule has 20 rings (SSSR count). The molecule has 0 radical (unpaired) electrons. The van der Waals surface area contributed by atoms with Gasteiger partial charge in [-0.15, -0.1) is 6.58 Å². The van der Waals surface area contributed by atoms with Crippen molar-refractivity contribution in [3.05, 3.63) is 391 Å². The summed E-state index contributed by atoms with van der Waals surface area (Å²) in [6.45, 7) is 34.2. The smallest absolute Gasteiger partial charge is 0.319 e. The van der Waals surface area contributed by atoms with Crippen LogP contribution in [-0.4, -0.2) is 103 Å². The minimum absolute atomic E-state index is 0.118. The van der Waals surface area contributed by atoms with Crippen LogP contribution in [0.15, 0.2) is 280 Å². The second-order valence-corrected chi connectivity index (χ2v) is 39.9. The third kappa shape index (κ3) is 20.6. The van der Waals surface area contributed by atoms with Crippen LogP contribution in [0.3, 0.4) is 0 Å². The molecule has 0 aromatic heterocycles. The van der Waals surface area contributed by atoms with Crippen LogP contribution in [-0.2, 0) is 21.7 Å². The predicted octanol–water partition coefficient (Wildman–Crippen LogP) is 26.5. The molecule has 8 amide bonds. The summed E-state index contributed by atoms with van der Waals surface area (Å²) in [7, 11) is 0. The van der Waals surface area contributed by atoms with Gasteiger partial charge in [-0.3, -0.25) is 0 Å². The number of carbonyl (C=O) groups is 4. The van der Waals surface area contributed by atoms with Crippen molar-refractivity contribution in [3.8, 4) is 0 Å². The number of hydrogen-bond donors (Lipinski definition) is 8. The number of amides is 8. The fraction of sp³-hybridized carbons (Fsp3) is 0.350. The molecule has 16 nitrogen and oxygen atoms in total. The number of nitrogens with one attached hydrogen (secondary N) is 8. The standard InChI is InChI=1S/C31H37N3O.C30H34FN3O.C30H33N3O.C29H32FN3O/c1-4-5-18-32-29(35)33-25-21-26-28-27(22-25)31(3,24-14-10-7-11-15-24)17-20-34(28)19-16-30(26,2)23-12-8-6-9-13-23;1-3-4-15-32-30(35)33-24-18-27-25(21-7-5-20(2)6-8-21)13-16-34-17-14-26(28(19-24)29(27)34)22-9-11-23(31)12-10-22;1-4-17-31-28(34)32-24-20-25-27-26(21-24)30(3,23-13-9-6-10-14-23)16-19-33(27)18-15-29(25,2)22-11-7-5-8-12-22;1-3-14-31-29(34)32-23-17-26-24(20-6-4-19(2)5-7-20)12-15-33-16-13-25(27(18-23)28(26)33)21-8-10-22(30)11-9-21/h6-15,21-22H,4-5,16-20H2,1-3H3,(H2,32,33,35);5-12,18-19,25-26H,3-4,13-17H2,1-2H3,(H2,32,33,35);4-14,20-21H,1,15-19H2,2-3H3,(H2,31,32,34);4-11,17-18,24-25H,3,12-16H2,1-2H3,(H2,31,32,34)/t30-,31-;25-,26-;29-,30-;24-,25-/m0000/s1. The first kappa shape index (κ1) is 96.2. The monoisotopic (exact) mass is 1850 g/mol. The van der Waals surface area contributed by atoms with Crippen LogP contribution < -0.4 is 62.1 Å². The van der Waals surface area contributed by atoms with Gasteiger partial charge in [0.25, 0.3) is 0 Å². The Balaban J connectivity index is 0.000000127. The zero-order valence-corrected chi connectivity index (χ0v) is 81.9. The van der Waals surface area contributed by atoms with E-state index in [4.69, 9.17) is 0 Å². The van der Waals surface area contributed by atoms with Gasteiger partial charge in [-0.25, -0.2) is 28.0 Å². The molecule has 0 saturated heterocycles. The van der Waals surface area contributed by atoms with Crippen molar-refractivity contribution in [2.75, 3.05) is 119 Å². The van der Waals surface area contributed by atoms with Gasteiger partial charge in [-0.1, -0.05) is 273 Å². The fourth-order valence-electron chi connectivity index (χ4n) is 22.8. The van der Waals surface area contributed by atoms with E-state index in [9.17, 15) is 28.0 Å². The van der Waals surface area contributed by atoms with E-state index >= 15 is 0 Å². The van der Waals surface area contributed by atoms with Crippen LogP contribution >= 0.6 is 0 Å². The summed E-state index contributed by atoms with van der Waals surface area (Å²) in [4.78, 5) is 60.6. The molecule has 8 N–H and O–H groups in total. The first-order chi connectivity index (χ1) is 67.0. The Morgan fingerprint density at radius 2 is 0.580 bits per heavy atom. The van der Waals surface area contributed by atoms with Crippen molar-refractivity contribution in [1.82, 2.24) is 21.3 Å². The number of aryl methyl sites for hydroxylation is 2. The maximum absolute atomic E-state index is 13.7. The molecule has 8 heterocycles. The molecule has 0 aliphatic carbocycles. The van der Waals surface area contributed by atoms with E-state index in [1.807, 2.05) is 31.2 Å². The maximum atomic E-state index is 13.7. The summed E-state index contributed by atoms with van der Waals surface area (Å²) < 4.78 is 27.3. The highest BCUT2D eigenvalue weighted by atomic mass is 19.1. The molecule has 138 heavy (non-hydrogen) atoms. The Bertz CT molecular complexity index is 5970. The second-order valence-electron chi connectivity index (χ2n) is 39.9. The number of urea groups is 4. The van der Waals surface area contributed by atoms with Crippen molar-refractivity contribution in [2.24, 2.45) is 0 Å². The fourth-order valence-corrected chi connectivity index (χ4v) is 22.8. The number of rotatable bonds is 22. The van der Waals surface area contributed by atoms with Gasteiger partial charge in [-0.2, -0.15) is 0 Å². The number of benzene rings is 12. The summed E-state index contributed by atoms with van der Waals surface area (Å²) in [6, 6.07) is 91.5. The van der Waals surface area contributed by atoms with Crippen molar-refractivity contribution < 1.29 is 28.0 Å². The summed E-state index contributed by atoms with van der Waals surface area (Å²) in [5.74, 6) is 0.457. The molecular formula is C120H136F2N12O4. The molecule has 8 atom stereocenters. The lowest BCUT2D eigenvalue weighted by Crippen LogP contribution is -2.47. The minimum Gasteiger partial charge on any atom is -0.371 e. The number of nitrogens with zero attached hydrogens (tertiary/aromatic N) is 4. The van der Waals surface area contributed by atoms with E-state index < -0.39 is 0 Å². The van der Waals surface area contributed by atoms with Gasteiger partial charge in [0.2, 0.25) is 0 Å². The van der Waals surface area contributed by atoms with E-state index in [0.29, 0.717) is 26.2 Å². The largest absolute Gasteiger partial charge is 0.371 e. The summed E-state index contributed by atoms with van der Waals surface area (Å²) in [5.41, 5.74) is 31.0. The molecule has 0 fully saturated rings. The molecule has 12 aromatic carbocycles. The average Bonchev–Trinajstić information content (AvgIpc) is 0.714. The zero-order chi connectivity index (χ0) is 96.2. The van der Waals surface area contributed by atoms with Crippen molar-refractivity contribution in [1.29, 1.82) is 0 Å². The summed E-state index contributed by atoms with van der Waals surface area (Å²) in [6.07, 6.45) is 14.8. The lowest BCUT2D eigenvalue weighted by Gasteiger charge is -2.50. The Hall–Kier alpha value is -13.5. The Morgan fingerprint density at radius 1 is 0.326 bits per heavy atom. The van der Waals surface area contributed by atoms with Gasteiger partial charge >= 0.3 is 24.1 Å². The van der Waals surface area contributed by atoms with Crippen LogP contribution in [0.2, 0.25) is 0 Å². The van der Waals surface area contributed by atoms with E-state index in [0.717, 1.165) is 170 Å². The van der Waals surface area contributed by atoms with Gasteiger partial charge in [0.15, 0.2) is 0 Å². The predicted molar refractivity (Wildman–Crippen MR) is 564 cm³/mol. The number of halogens is 2. The molecule has 8 aliphatic rings. The number of anilines is 8. The number of carbonyl (C=O) groups excluding carboxylic acids is 4. The number of unbranched alkanes of at least 4 members (excludes halogenated alkanes) is 2.